The molecule has 1 amide bonds. The molecule has 0 saturated carbocycles. The number of ether oxygens (including phenoxy) is 1. The summed E-state index contributed by atoms with van der Waals surface area (Å²) in [7, 11) is 4.11. The standard InChI is InChI=1S/C20H33N3O2.2ClH/c1-16(17-8-10-21-11-9-17)14-20(24)22-18-6-4-7-19(15-18)25-13-5-12-23(2)3;;/h4,6-7,15-17,21H,5,8-14H2,1-3H3,(H,22,24);2*1H. The second-order valence-electron chi connectivity index (χ2n) is 7.35. The summed E-state index contributed by atoms with van der Waals surface area (Å²) in [6.45, 7) is 6.03. The molecular weight excluding hydrogens is 385 g/mol. The minimum absolute atomic E-state index is 0. The highest BCUT2D eigenvalue weighted by Crippen LogP contribution is 2.25. The molecule has 1 atom stereocenters. The zero-order valence-electron chi connectivity index (χ0n) is 16.7. The number of carbonyl (C=O) groups is 1. The minimum atomic E-state index is 0. The normalized spacial score (nSPS) is 15.4. The number of nitrogens with zero attached hydrogens (tertiary/aromatic N) is 1. The lowest BCUT2D eigenvalue weighted by atomic mass is 9.84. The quantitative estimate of drug-likeness (QED) is 0.597. The zero-order chi connectivity index (χ0) is 18.1. The van der Waals surface area contributed by atoms with Gasteiger partial charge in [0.1, 0.15) is 5.75 Å². The van der Waals surface area contributed by atoms with Gasteiger partial charge >= 0.3 is 0 Å². The first-order valence-corrected chi connectivity index (χ1v) is 9.43. The number of halogens is 2. The summed E-state index contributed by atoms with van der Waals surface area (Å²) in [4.78, 5) is 14.5. The highest BCUT2D eigenvalue weighted by atomic mass is 35.5. The lowest BCUT2D eigenvalue weighted by molar-refractivity contribution is -0.117. The Balaban J connectivity index is 0.00000338. The number of benzene rings is 1. The fourth-order valence-electron chi connectivity index (χ4n) is 3.32. The Morgan fingerprint density at radius 3 is 2.67 bits per heavy atom. The van der Waals surface area contributed by atoms with E-state index in [0.29, 0.717) is 24.9 Å². The van der Waals surface area contributed by atoms with Gasteiger partial charge in [-0.3, -0.25) is 4.79 Å². The van der Waals surface area contributed by atoms with Crippen LogP contribution in [0.25, 0.3) is 0 Å². The summed E-state index contributed by atoms with van der Waals surface area (Å²) in [6.07, 6.45) is 3.91. The number of amides is 1. The van der Waals surface area contributed by atoms with E-state index in [0.717, 1.165) is 37.5 Å². The van der Waals surface area contributed by atoms with E-state index in [4.69, 9.17) is 4.74 Å². The van der Waals surface area contributed by atoms with E-state index in [9.17, 15) is 4.79 Å². The third-order valence-corrected chi connectivity index (χ3v) is 4.83. The van der Waals surface area contributed by atoms with Gasteiger partial charge in [-0.05, 0) is 70.4 Å². The largest absolute Gasteiger partial charge is 0.493 e. The summed E-state index contributed by atoms with van der Waals surface area (Å²) in [5, 5.41) is 6.40. The van der Waals surface area contributed by atoms with Crippen molar-refractivity contribution in [2.24, 2.45) is 11.8 Å². The minimum Gasteiger partial charge on any atom is -0.493 e. The third kappa shape index (κ3) is 10.2. The van der Waals surface area contributed by atoms with Crippen LogP contribution in [0.15, 0.2) is 24.3 Å². The average molecular weight is 420 g/mol. The number of hydrogen-bond acceptors (Lipinski definition) is 4. The first-order valence-electron chi connectivity index (χ1n) is 9.43. The Hall–Kier alpha value is -1.01. The van der Waals surface area contributed by atoms with Crippen molar-refractivity contribution in [2.75, 3.05) is 45.7 Å². The molecule has 1 aliphatic rings. The molecule has 5 nitrogen and oxygen atoms in total. The van der Waals surface area contributed by atoms with E-state index in [1.165, 1.54) is 12.8 Å². The van der Waals surface area contributed by atoms with Gasteiger partial charge in [-0.15, -0.1) is 24.8 Å². The van der Waals surface area contributed by atoms with Crippen LogP contribution in [0.2, 0.25) is 0 Å². The topological polar surface area (TPSA) is 53.6 Å². The molecule has 0 radical (unpaired) electrons. The number of piperidine rings is 1. The van der Waals surface area contributed by atoms with Crippen molar-refractivity contribution < 1.29 is 9.53 Å². The number of anilines is 1. The monoisotopic (exact) mass is 419 g/mol. The van der Waals surface area contributed by atoms with E-state index in [2.05, 4.69) is 36.6 Å². The summed E-state index contributed by atoms with van der Waals surface area (Å²) < 4.78 is 5.77. The molecule has 0 bridgehead atoms. The second kappa shape index (κ2) is 14.1. The van der Waals surface area contributed by atoms with Crippen molar-refractivity contribution in [1.29, 1.82) is 0 Å². The van der Waals surface area contributed by atoms with Crippen LogP contribution in [0, 0.1) is 11.8 Å². The van der Waals surface area contributed by atoms with Gasteiger partial charge in [0, 0.05) is 24.7 Å². The molecule has 1 aliphatic heterocycles. The molecule has 0 aliphatic carbocycles. The van der Waals surface area contributed by atoms with Crippen molar-refractivity contribution in [3.8, 4) is 5.75 Å². The molecule has 1 unspecified atom stereocenters. The van der Waals surface area contributed by atoms with Crippen molar-refractivity contribution in [3.05, 3.63) is 24.3 Å². The van der Waals surface area contributed by atoms with Crippen LogP contribution in [0.1, 0.15) is 32.6 Å². The van der Waals surface area contributed by atoms with Crippen molar-refractivity contribution >= 4 is 36.4 Å². The first kappa shape index (κ1) is 26.0. The van der Waals surface area contributed by atoms with E-state index in [1.807, 2.05) is 24.3 Å². The molecular formula is C20H35Cl2N3O2. The van der Waals surface area contributed by atoms with Gasteiger partial charge in [0.2, 0.25) is 5.91 Å². The van der Waals surface area contributed by atoms with Gasteiger partial charge in [-0.2, -0.15) is 0 Å². The maximum absolute atomic E-state index is 12.3. The van der Waals surface area contributed by atoms with Crippen LogP contribution >= 0.6 is 24.8 Å². The summed E-state index contributed by atoms with van der Waals surface area (Å²) in [6, 6.07) is 7.68. The van der Waals surface area contributed by atoms with Crippen LogP contribution in [-0.4, -0.2) is 51.1 Å². The van der Waals surface area contributed by atoms with E-state index >= 15 is 0 Å². The Kier molecular flexibility index (Phi) is 13.5. The lowest BCUT2D eigenvalue weighted by Crippen LogP contribution is -2.32. The summed E-state index contributed by atoms with van der Waals surface area (Å²) in [5.74, 6) is 1.98. The zero-order valence-corrected chi connectivity index (χ0v) is 18.3. The van der Waals surface area contributed by atoms with Gasteiger partial charge in [0.25, 0.3) is 0 Å². The highest BCUT2D eigenvalue weighted by molar-refractivity contribution is 5.91. The highest BCUT2D eigenvalue weighted by Gasteiger charge is 2.22. The second-order valence-corrected chi connectivity index (χ2v) is 7.35. The summed E-state index contributed by atoms with van der Waals surface area (Å²) >= 11 is 0. The third-order valence-electron chi connectivity index (χ3n) is 4.83. The van der Waals surface area contributed by atoms with E-state index < -0.39 is 0 Å². The SMILES string of the molecule is CC(CC(=O)Nc1cccc(OCCCN(C)C)c1)C1CCNCC1.Cl.Cl. The van der Waals surface area contributed by atoms with Crippen molar-refractivity contribution in [3.63, 3.8) is 0 Å². The van der Waals surface area contributed by atoms with Gasteiger partial charge in [-0.25, -0.2) is 0 Å². The Morgan fingerprint density at radius 2 is 2.00 bits per heavy atom. The van der Waals surface area contributed by atoms with Crippen LogP contribution < -0.4 is 15.4 Å². The predicted molar refractivity (Wildman–Crippen MR) is 118 cm³/mol. The molecule has 1 aromatic carbocycles. The van der Waals surface area contributed by atoms with Gasteiger partial charge < -0.3 is 20.3 Å². The Bertz CT molecular complexity index is 538. The predicted octanol–water partition coefficient (Wildman–Crippen LogP) is 3.83. The van der Waals surface area contributed by atoms with Crippen LogP contribution in [-0.2, 0) is 4.79 Å². The van der Waals surface area contributed by atoms with Crippen molar-refractivity contribution in [1.82, 2.24) is 10.2 Å². The van der Waals surface area contributed by atoms with Gasteiger partial charge in [0.15, 0.2) is 0 Å². The van der Waals surface area contributed by atoms with Gasteiger partial charge in [-0.1, -0.05) is 13.0 Å². The number of rotatable bonds is 9. The number of hydrogen-bond donors (Lipinski definition) is 2. The smallest absolute Gasteiger partial charge is 0.224 e. The fraction of sp³-hybridized carbons (Fsp3) is 0.650. The van der Waals surface area contributed by atoms with E-state index in [-0.39, 0.29) is 30.7 Å². The molecule has 1 heterocycles. The molecule has 0 aromatic heterocycles. The fourth-order valence-corrected chi connectivity index (χ4v) is 3.32. The summed E-state index contributed by atoms with van der Waals surface area (Å²) in [5.41, 5.74) is 0.813. The molecule has 1 aromatic rings. The van der Waals surface area contributed by atoms with Crippen LogP contribution in [0.3, 0.4) is 0 Å². The Labute approximate surface area is 176 Å². The number of carbonyl (C=O) groups excluding carboxylic acids is 1. The van der Waals surface area contributed by atoms with E-state index in [1.54, 1.807) is 0 Å². The average Bonchev–Trinajstić information content (AvgIpc) is 2.59. The molecule has 27 heavy (non-hydrogen) atoms. The first-order chi connectivity index (χ1) is 12.0. The van der Waals surface area contributed by atoms with Crippen molar-refractivity contribution in [2.45, 2.75) is 32.6 Å². The maximum atomic E-state index is 12.3. The molecule has 1 saturated heterocycles. The Morgan fingerprint density at radius 1 is 1.30 bits per heavy atom. The molecule has 1 fully saturated rings. The molecule has 156 valence electrons. The van der Waals surface area contributed by atoms with Gasteiger partial charge in [0.05, 0.1) is 6.61 Å². The molecule has 2 N–H and O–H groups in total. The lowest BCUT2D eigenvalue weighted by Gasteiger charge is -2.27. The van der Waals surface area contributed by atoms with Crippen LogP contribution in [0.5, 0.6) is 5.75 Å². The van der Waals surface area contributed by atoms with Crippen LogP contribution in [0.4, 0.5) is 5.69 Å². The number of nitrogens with one attached hydrogen (secondary N) is 2. The molecule has 0 spiro atoms. The molecule has 7 heteroatoms. The molecule has 2 rings (SSSR count). The maximum Gasteiger partial charge on any atom is 0.224 e.